The van der Waals surface area contributed by atoms with Gasteiger partial charge in [0.25, 0.3) is 0 Å². The smallest absolute Gasteiger partial charge is 0.243 e. The maximum absolute atomic E-state index is 13.8. The molecular formula is C19H15F2N5O2S. The van der Waals surface area contributed by atoms with Crippen LogP contribution in [0.5, 0.6) is 0 Å². The molecule has 0 amide bonds. The number of benzene rings is 1. The molecule has 0 atom stereocenters. The molecule has 1 aromatic carbocycles. The fraction of sp³-hybridized carbons (Fsp3) is 0.105. The van der Waals surface area contributed by atoms with E-state index in [9.17, 15) is 17.2 Å². The monoisotopic (exact) mass is 415 g/mol. The lowest BCUT2D eigenvalue weighted by molar-refractivity contribution is 0.542. The van der Waals surface area contributed by atoms with Crippen LogP contribution in [0, 0.1) is 11.6 Å². The summed E-state index contributed by atoms with van der Waals surface area (Å²) in [5.41, 5.74) is 2.02. The quantitative estimate of drug-likeness (QED) is 0.523. The van der Waals surface area contributed by atoms with Crippen molar-refractivity contribution in [2.45, 2.75) is 11.4 Å². The number of hydrogen-bond acceptors (Lipinski definition) is 5. The molecule has 0 aliphatic heterocycles. The minimum Gasteiger partial charge on any atom is -0.307 e. The summed E-state index contributed by atoms with van der Waals surface area (Å²) in [4.78, 5) is 12.1. The average molecular weight is 415 g/mol. The van der Waals surface area contributed by atoms with Crippen LogP contribution in [-0.2, 0) is 16.6 Å². The first-order valence-corrected chi connectivity index (χ1v) is 10.1. The molecule has 7 nitrogen and oxygen atoms in total. The van der Waals surface area contributed by atoms with Gasteiger partial charge in [-0.3, -0.25) is 4.98 Å². The zero-order valence-electron chi connectivity index (χ0n) is 15.0. The molecule has 29 heavy (non-hydrogen) atoms. The summed E-state index contributed by atoms with van der Waals surface area (Å²) in [5.74, 6) is -1.26. The normalized spacial score (nSPS) is 11.8. The van der Waals surface area contributed by atoms with Crippen molar-refractivity contribution in [1.29, 1.82) is 0 Å². The van der Waals surface area contributed by atoms with Crippen molar-refractivity contribution < 1.29 is 17.2 Å². The Morgan fingerprint density at radius 3 is 2.62 bits per heavy atom. The van der Waals surface area contributed by atoms with Gasteiger partial charge in [-0.2, -0.15) is 0 Å². The van der Waals surface area contributed by atoms with E-state index in [1.165, 1.54) is 0 Å². The zero-order valence-corrected chi connectivity index (χ0v) is 15.8. The van der Waals surface area contributed by atoms with E-state index in [1.807, 2.05) is 0 Å². The molecule has 0 spiro atoms. The third kappa shape index (κ3) is 3.84. The lowest BCUT2D eigenvalue weighted by Crippen LogP contribution is -2.28. The second-order valence-electron chi connectivity index (χ2n) is 6.14. The van der Waals surface area contributed by atoms with E-state index in [1.54, 1.807) is 47.4 Å². The number of sulfonamides is 1. The molecule has 4 rings (SSSR count). The van der Waals surface area contributed by atoms with Gasteiger partial charge in [0.05, 0.1) is 0 Å². The molecule has 1 N–H and O–H groups in total. The Morgan fingerprint density at radius 1 is 1.03 bits per heavy atom. The number of imidazole rings is 1. The van der Waals surface area contributed by atoms with Crippen molar-refractivity contribution >= 4 is 21.2 Å². The van der Waals surface area contributed by atoms with Crippen molar-refractivity contribution in [3.63, 3.8) is 0 Å². The number of fused-ring (bicyclic) bond motifs is 1. The zero-order chi connectivity index (χ0) is 20.4. The molecule has 0 radical (unpaired) electrons. The molecule has 0 aliphatic rings. The van der Waals surface area contributed by atoms with Gasteiger partial charge in [0, 0.05) is 37.2 Å². The van der Waals surface area contributed by atoms with Gasteiger partial charge in [-0.05, 0) is 42.5 Å². The average Bonchev–Trinajstić information content (AvgIpc) is 3.09. The second-order valence-corrected chi connectivity index (χ2v) is 7.88. The van der Waals surface area contributed by atoms with Gasteiger partial charge in [-0.25, -0.2) is 31.9 Å². The van der Waals surface area contributed by atoms with Crippen LogP contribution in [0.2, 0.25) is 0 Å². The first-order chi connectivity index (χ1) is 14.0. The van der Waals surface area contributed by atoms with E-state index in [2.05, 4.69) is 19.7 Å². The number of hydrogen-bond donors (Lipinski definition) is 1. The predicted molar refractivity (Wildman–Crippen MR) is 102 cm³/mol. The summed E-state index contributed by atoms with van der Waals surface area (Å²) in [6.45, 7) is 0.111. The molecule has 3 heterocycles. The minimum absolute atomic E-state index is 0.0710. The van der Waals surface area contributed by atoms with Gasteiger partial charge in [-0.1, -0.05) is 0 Å². The highest BCUT2D eigenvalue weighted by Gasteiger charge is 2.20. The molecule has 4 aromatic rings. The number of rotatable bonds is 6. The number of halogens is 2. The van der Waals surface area contributed by atoms with Crippen LogP contribution in [0.1, 0.15) is 0 Å². The Balaban J connectivity index is 1.62. The van der Waals surface area contributed by atoms with Crippen LogP contribution in [0.4, 0.5) is 8.78 Å². The highest BCUT2D eigenvalue weighted by molar-refractivity contribution is 7.89. The predicted octanol–water partition coefficient (Wildman–Crippen LogP) is 2.75. The summed E-state index contributed by atoms with van der Waals surface area (Å²) < 4.78 is 56.0. The third-order valence-electron chi connectivity index (χ3n) is 4.25. The number of nitrogens with one attached hydrogen (secondary N) is 1. The summed E-state index contributed by atoms with van der Waals surface area (Å²) in [7, 11) is -4.23. The van der Waals surface area contributed by atoms with Gasteiger partial charge in [-0.15, -0.1) is 0 Å². The Hall–Kier alpha value is -3.24. The van der Waals surface area contributed by atoms with Crippen molar-refractivity contribution in [2.75, 3.05) is 6.54 Å². The number of aromatic nitrogens is 4. The Kier molecular flexibility index (Phi) is 5.03. The maximum Gasteiger partial charge on any atom is 0.243 e. The molecule has 3 aromatic heterocycles. The second kappa shape index (κ2) is 7.64. The van der Waals surface area contributed by atoms with E-state index in [0.717, 1.165) is 17.7 Å². The van der Waals surface area contributed by atoms with E-state index in [4.69, 9.17) is 0 Å². The molecule has 0 unspecified atom stereocenters. The molecule has 0 saturated heterocycles. The van der Waals surface area contributed by atoms with Crippen LogP contribution in [0.15, 0.2) is 66.0 Å². The fourth-order valence-electron chi connectivity index (χ4n) is 2.94. The molecule has 0 fully saturated rings. The van der Waals surface area contributed by atoms with Gasteiger partial charge >= 0.3 is 0 Å². The first-order valence-electron chi connectivity index (χ1n) is 8.62. The van der Waals surface area contributed by atoms with E-state index in [0.29, 0.717) is 23.1 Å². The lowest BCUT2D eigenvalue weighted by Gasteiger charge is -2.11. The summed E-state index contributed by atoms with van der Waals surface area (Å²) in [6.07, 6.45) is 4.87. The molecule has 0 aliphatic carbocycles. The van der Waals surface area contributed by atoms with Crippen molar-refractivity contribution in [1.82, 2.24) is 24.2 Å². The van der Waals surface area contributed by atoms with Gasteiger partial charge in [0.1, 0.15) is 27.9 Å². The van der Waals surface area contributed by atoms with E-state index >= 15 is 0 Å². The SMILES string of the molecule is O=S(=O)(NCCn1c(-c2ccncc2)nc2cccnc21)c1cc(F)ccc1F. The van der Waals surface area contributed by atoms with Crippen LogP contribution in [0.3, 0.4) is 0 Å². The summed E-state index contributed by atoms with van der Waals surface area (Å²) >= 11 is 0. The fourth-order valence-corrected chi connectivity index (χ4v) is 4.05. The van der Waals surface area contributed by atoms with E-state index in [-0.39, 0.29) is 13.1 Å². The number of pyridine rings is 2. The van der Waals surface area contributed by atoms with Gasteiger partial charge in [0.15, 0.2) is 5.65 Å². The highest BCUT2D eigenvalue weighted by Crippen LogP contribution is 2.23. The molecule has 0 bridgehead atoms. The number of nitrogens with zero attached hydrogens (tertiary/aromatic N) is 4. The Labute approximate surface area is 165 Å². The minimum atomic E-state index is -4.23. The van der Waals surface area contributed by atoms with E-state index < -0.39 is 26.6 Å². The standard InChI is InChI=1S/C19H15F2N5O2S/c20-14-3-4-15(21)17(12-14)29(27,28)24-10-11-26-18(13-5-8-22-9-6-13)25-16-2-1-7-23-19(16)26/h1-9,12,24H,10-11H2. The maximum atomic E-state index is 13.8. The van der Waals surface area contributed by atoms with Crippen LogP contribution in [-0.4, -0.2) is 34.5 Å². The van der Waals surface area contributed by atoms with Crippen molar-refractivity contribution in [2.24, 2.45) is 0 Å². The molecule has 10 heteroatoms. The summed E-state index contributed by atoms with van der Waals surface area (Å²) in [5, 5.41) is 0. The van der Waals surface area contributed by atoms with Crippen LogP contribution >= 0.6 is 0 Å². The lowest BCUT2D eigenvalue weighted by atomic mass is 10.2. The topological polar surface area (TPSA) is 89.8 Å². The van der Waals surface area contributed by atoms with Gasteiger partial charge in [0.2, 0.25) is 10.0 Å². The molecule has 148 valence electrons. The van der Waals surface area contributed by atoms with Crippen LogP contribution in [0.25, 0.3) is 22.6 Å². The summed E-state index contributed by atoms with van der Waals surface area (Å²) in [6, 6.07) is 9.40. The highest BCUT2D eigenvalue weighted by atomic mass is 32.2. The molecular weight excluding hydrogens is 400 g/mol. The van der Waals surface area contributed by atoms with Gasteiger partial charge < -0.3 is 4.57 Å². The largest absolute Gasteiger partial charge is 0.307 e. The van der Waals surface area contributed by atoms with Crippen molar-refractivity contribution in [3.8, 4) is 11.4 Å². The molecule has 0 saturated carbocycles. The Morgan fingerprint density at radius 2 is 1.83 bits per heavy atom. The van der Waals surface area contributed by atoms with Crippen LogP contribution < -0.4 is 4.72 Å². The van der Waals surface area contributed by atoms with Crippen molar-refractivity contribution in [3.05, 3.63) is 72.7 Å². The Bertz CT molecular complexity index is 1280. The third-order valence-corrected chi connectivity index (χ3v) is 5.73. The first kappa shape index (κ1) is 19.1.